The minimum Gasteiger partial charge on any atom is -0.480 e. The van der Waals surface area contributed by atoms with Gasteiger partial charge in [0.1, 0.15) is 6.04 Å². The van der Waals surface area contributed by atoms with Gasteiger partial charge in [0.05, 0.1) is 0 Å². The van der Waals surface area contributed by atoms with E-state index in [1.54, 1.807) is 11.8 Å². The topological polar surface area (TPSA) is 49.3 Å². The zero-order chi connectivity index (χ0) is 15.8. The van der Waals surface area contributed by atoms with Gasteiger partial charge in [-0.3, -0.25) is 0 Å². The van der Waals surface area contributed by atoms with Crippen molar-refractivity contribution in [2.45, 2.75) is 25.1 Å². The SMILES string of the molecule is Cc1ccccc1N[C@@H](CCSCc1ccccc1)C(=O)O. The van der Waals surface area contributed by atoms with E-state index in [9.17, 15) is 9.90 Å². The zero-order valence-electron chi connectivity index (χ0n) is 12.7. The first-order chi connectivity index (χ1) is 10.7. The molecule has 0 unspecified atom stereocenters. The van der Waals surface area contributed by atoms with Gasteiger partial charge >= 0.3 is 5.97 Å². The molecule has 0 bridgehead atoms. The van der Waals surface area contributed by atoms with E-state index in [0.29, 0.717) is 6.42 Å². The fourth-order valence-corrected chi connectivity index (χ4v) is 3.12. The molecule has 1 atom stereocenters. The maximum atomic E-state index is 11.4. The highest BCUT2D eigenvalue weighted by Crippen LogP contribution is 2.18. The Morgan fingerprint density at radius 1 is 1.14 bits per heavy atom. The quantitative estimate of drug-likeness (QED) is 0.717. The molecule has 2 rings (SSSR count). The molecule has 0 aliphatic heterocycles. The lowest BCUT2D eigenvalue weighted by Crippen LogP contribution is -2.30. The lowest BCUT2D eigenvalue weighted by atomic mass is 10.1. The largest absolute Gasteiger partial charge is 0.480 e. The van der Waals surface area contributed by atoms with Gasteiger partial charge in [0.15, 0.2) is 0 Å². The van der Waals surface area contributed by atoms with Gasteiger partial charge in [0, 0.05) is 11.4 Å². The van der Waals surface area contributed by atoms with Crippen molar-refractivity contribution in [1.82, 2.24) is 0 Å². The number of aliphatic carboxylic acids is 1. The van der Waals surface area contributed by atoms with E-state index in [1.165, 1.54) is 5.56 Å². The summed E-state index contributed by atoms with van der Waals surface area (Å²) in [6.45, 7) is 1.98. The first kappa shape index (κ1) is 16.4. The van der Waals surface area contributed by atoms with E-state index in [1.807, 2.05) is 49.4 Å². The van der Waals surface area contributed by atoms with Crippen LogP contribution in [-0.2, 0) is 10.5 Å². The van der Waals surface area contributed by atoms with Crippen molar-refractivity contribution in [3.63, 3.8) is 0 Å². The molecular formula is C18H21NO2S. The Morgan fingerprint density at radius 3 is 2.50 bits per heavy atom. The second-order valence-corrected chi connectivity index (χ2v) is 6.28. The van der Waals surface area contributed by atoms with Crippen LogP contribution in [0.1, 0.15) is 17.5 Å². The van der Waals surface area contributed by atoms with Crippen LogP contribution in [0.5, 0.6) is 0 Å². The summed E-state index contributed by atoms with van der Waals surface area (Å²) in [6.07, 6.45) is 0.598. The summed E-state index contributed by atoms with van der Waals surface area (Å²) in [6, 6.07) is 17.4. The molecule has 116 valence electrons. The molecule has 0 fully saturated rings. The molecule has 22 heavy (non-hydrogen) atoms. The molecule has 0 spiro atoms. The fourth-order valence-electron chi connectivity index (χ4n) is 2.15. The van der Waals surface area contributed by atoms with Crippen LogP contribution in [0.15, 0.2) is 54.6 Å². The average Bonchev–Trinajstić information content (AvgIpc) is 2.53. The second-order valence-electron chi connectivity index (χ2n) is 5.18. The van der Waals surface area contributed by atoms with Gasteiger partial charge in [0.2, 0.25) is 0 Å². The highest BCUT2D eigenvalue weighted by Gasteiger charge is 2.17. The van der Waals surface area contributed by atoms with Crippen molar-refractivity contribution >= 4 is 23.4 Å². The summed E-state index contributed by atoms with van der Waals surface area (Å²) in [5, 5.41) is 12.5. The van der Waals surface area contributed by atoms with E-state index < -0.39 is 12.0 Å². The lowest BCUT2D eigenvalue weighted by molar-refractivity contribution is -0.137. The predicted octanol–water partition coefficient (Wildman–Crippen LogP) is 4.18. The Hall–Kier alpha value is -1.94. The number of hydrogen-bond acceptors (Lipinski definition) is 3. The standard InChI is InChI=1S/C18H21NO2S/c1-14-7-5-6-10-16(14)19-17(18(20)21)11-12-22-13-15-8-3-2-4-9-15/h2-10,17,19H,11-13H2,1H3,(H,20,21)/t17-/m0/s1. The minimum atomic E-state index is -0.802. The average molecular weight is 315 g/mol. The summed E-state index contributed by atoms with van der Waals surface area (Å²) >= 11 is 1.76. The molecule has 3 nitrogen and oxygen atoms in total. The van der Waals surface area contributed by atoms with Gasteiger partial charge in [-0.1, -0.05) is 48.5 Å². The van der Waals surface area contributed by atoms with Crippen LogP contribution in [0.3, 0.4) is 0 Å². The number of carboxylic acid groups (broad SMARTS) is 1. The van der Waals surface area contributed by atoms with Gasteiger partial charge in [-0.25, -0.2) is 4.79 Å². The Morgan fingerprint density at radius 2 is 1.82 bits per heavy atom. The number of aryl methyl sites for hydroxylation is 1. The van der Waals surface area contributed by atoms with Crippen LogP contribution < -0.4 is 5.32 Å². The number of carboxylic acids is 1. The summed E-state index contributed by atoms with van der Waals surface area (Å²) < 4.78 is 0. The molecule has 2 N–H and O–H groups in total. The molecule has 4 heteroatoms. The third-order valence-corrected chi connectivity index (χ3v) is 4.50. The predicted molar refractivity (Wildman–Crippen MR) is 93.4 cm³/mol. The molecule has 0 amide bonds. The summed E-state index contributed by atoms with van der Waals surface area (Å²) in [5.74, 6) is 0.922. The summed E-state index contributed by atoms with van der Waals surface area (Å²) in [4.78, 5) is 11.4. The second kappa shape index (κ2) is 8.49. The molecule has 0 radical (unpaired) electrons. The van der Waals surface area contributed by atoms with E-state index >= 15 is 0 Å². The van der Waals surface area contributed by atoms with Crippen molar-refractivity contribution in [3.05, 3.63) is 65.7 Å². The van der Waals surface area contributed by atoms with E-state index in [4.69, 9.17) is 0 Å². The molecule has 0 saturated heterocycles. The maximum absolute atomic E-state index is 11.4. The molecule has 0 aromatic heterocycles. The summed E-state index contributed by atoms with van der Waals surface area (Å²) in [7, 11) is 0. The smallest absolute Gasteiger partial charge is 0.326 e. The van der Waals surface area contributed by atoms with Crippen molar-refractivity contribution in [2.24, 2.45) is 0 Å². The van der Waals surface area contributed by atoms with Crippen molar-refractivity contribution in [1.29, 1.82) is 0 Å². The number of carbonyl (C=O) groups is 1. The van der Waals surface area contributed by atoms with Gasteiger partial charge in [-0.15, -0.1) is 0 Å². The van der Waals surface area contributed by atoms with E-state index in [0.717, 1.165) is 22.8 Å². The molecule has 0 saturated carbocycles. The first-order valence-corrected chi connectivity index (χ1v) is 8.49. The number of rotatable bonds is 8. The van der Waals surface area contributed by atoms with E-state index in [-0.39, 0.29) is 0 Å². The maximum Gasteiger partial charge on any atom is 0.326 e. The van der Waals surface area contributed by atoms with E-state index in [2.05, 4.69) is 17.4 Å². The van der Waals surface area contributed by atoms with Crippen molar-refractivity contribution in [2.75, 3.05) is 11.1 Å². The minimum absolute atomic E-state index is 0.552. The molecule has 2 aromatic carbocycles. The third-order valence-electron chi connectivity index (χ3n) is 3.44. The Bertz CT molecular complexity index is 601. The van der Waals surface area contributed by atoms with Crippen LogP contribution in [-0.4, -0.2) is 22.9 Å². The number of thioether (sulfide) groups is 1. The highest BCUT2D eigenvalue weighted by atomic mass is 32.2. The molecule has 2 aromatic rings. The number of nitrogens with one attached hydrogen (secondary N) is 1. The number of hydrogen-bond donors (Lipinski definition) is 2. The van der Waals surface area contributed by atoms with Crippen LogP contribution in [0.4, 0.5) is 5.69 Å². The molecule has 0 aliphatic rings. The van der Waals surface area contributed by atoms with Gasteiger partial charge < -0.3 is 10.4 Å². The zero-order valence-corrected chi connectivity index (χ0v) is 13.5. The normalized spacial score (nSPS) is 11.9. The van der Waals surface area contributed by atoms with Crippen LogP contribution in [0.25, 0.3) is 0 Å². The first-order valence-electron chi connectivity index (χ1n) is 7.33. The highest BCUT2D eigenvalue weighted by molar-refractivity contribution is 7.98. The molecular weight excluding hydrogens is 294 g/mol. The van der Waals surface area contributed by atoms with Crippen molar-refractivity contribution in [3.8, 4) is 0 Å². The van der Waals surface area contributed by atoms with Crippen LogP contribution in [0.2, 0.25) is 0 Å². The van der Waals surface area contributed by atoms with Gasteiger partial charge in [-0.05, 0) is 36.3 Å². The third kappa shape index (κ3) is 5.11. The summed E-state index contributed by atoms with van der Waals surface area (Å²) in [5.41, 5.74) is 3.22. The van der Waals surface area contributed by atoms with Crippen molar-refractivity contribution < 1.29 is 9.90 Å². The Balaban J connectivity index is 1.82. The number of para-hydroxylation sites is 1. The van der Waals surface area contributed by atoms with Gasteiger partial charge in [0.25, 0.3) is 0 Å². The fraction of sp³-hybridized carbons (Fsp3) is 0.278. The van der Waals surface area contributed by atoms with Gasteiger partial charge in [-0.2, -0.15) is 11.8 Å². The van der Waals surface area contributed by atoms with Crippen LogP contribution >= 0.6 is 11.8 Å². The lowest BCUT2D eigenvalue weighted by Gasteiger charge is -2.17. The Kier molecular flexibility index (Phi) is 6.34. The molecule has 0 heterocycles. The molecule has 0 aliphatic carbocycles. The number of anilines is 1. The Labute approximate surface area is 135 Å². The number of benzene rings is 2. The monoisotopic (exact) mass is 315 g/mol. The van der Waals surface area contributed by atoms with Crippen LogP contribution in [0, 0.1) is 6.92 Å².